The highest BCUT2D eigenvalue weighted by molar-refractivity contribution is 5.65. The summed E-state index contributed by atoms with van der Waals surface area (Å²) in [5, 5.41) is 0. The molecule has 0 saturated carbocycles. The molecule has 0 spiro atoms. The molecule has 0 N–H and O–H groups in total. The van der Waals surface area contributed by atoms with Crippen LogP contribution in [0.4, 0.5) is 17.6 Å². The van der Waals surface area contributed by atoms with Crippen molar-refractivity contribution in [2.24, 2.45) is 0 Å². The minimum atomic E-state index is -0.901. The molecule has 0 bridgehead atoms. The third kappa shape index (κ3) is 6.72. The fourth-order valence-corrected chi connectivity index (χ4v) is 5.50. The van der Waals surface area contributed by atoms with Crippen molar-refractivity contribution in [3.63, 3.8) is 0 Å². The monoisotopic (exact) mass is 651 g/mol. The van der Waals surface area contributed by atoms with Gasteiger partial charge in [0, 0.05) is 25.5 Å². The Morgan fingerprint density at radius 2 is 1.02 bits per heavy atom. The SMILES string of the molecule is COc1ccc(F)c(-c2cccc(C(c3cccc(-c4c(F)ccc(OC)c4F)n3)N(Cc3ccccn3)Cc3ccccn3)n2)c1F. The van der Waals surface area contributed by atoms with E-state index in [1.54, 1.807) is 48.8 Å². The second-order valence-corrected chi connectivity index (χ2v) is 10.7. The molecule has 0 aliphatic carbocycles. The van der Waals surface area contributed by atoms with Crippen LogP contribution < -0.4 is 9.47 Å². The van der Waals surface area contributed by atoms with Crippen LogP contribution in [-0.2, 0) is 13.1 Å². The average molecular weight is 652 g/mol. The van der Waals surface area contributed by atoms with Crippen LogP contribution in [-0.4, -0.2) is 39.1 Å². The van der Waals surface area contributed by atoms with E-state index in [9.17, 15) is 0 Å². The van der Waals surface area contributed by atoms with Crippen LogP contribution in [0, 0.1) is 23.3 Å². The molecule has 0 unspecified atom stereocenters. The molecule has 4 aromatic heterocycles. The third-order valence-electron chi connectivity index (χ3n) is 7.71. The van der Waals surface area contributed by atoms with Crippen LogP contribution in [0.3, 0.4) is 0 Å². The summed E-state index contributed by atoms with van der Waals surface area (Å²) < 4.78 is 71.4. The van der Waals surface area contributed by atoms with E-state index in [1.807, 2.05) is 29.2 Å². The number of benzene rings is 2. The number of ether oxygens (including phenoxy) is 2. The van der Waals surface area contributed by atoms with E-state index in [-0.39, 0.29) is 47.1 Å². The predicted molar refractivity (Wildman–Crippen MR) is 172 cm³/mol. The Labute approximate surface area is 274 Å². The van der Waals surface area contributed by atoms with Gasteiger partial charge in [-0.1, -0.05) is 24.3 Å². The smallest absolute Gasteiger partial charge is 0.177 e. The molecule has 0 aliphatic heterocycles. The van der Waals surface area contributed by atoms with Gasteiger partial charge in [0.05, 0.1) is 65.6 Å². The molecule has 0 atom stereocenters. The maximum atomic E-state index is 15.5. The van der Waals surface area contributed by atoms with Gasteiger partial charge in [0.15, 0.2) is 23.1 Å². The quantitative estimate of drug-likeness (QED) is 0.132. The molecule has 6 rings (SSSR count). The molecule has 4 heterocycles. The van der Waals surface area contributed by atoms with E-state index in [4.69, 9.17) is 19.4 Å². The van der Waals surface area contributed by atoms with Crippen LogP contribution in [0.15, 0.2) is 109 Å². The number of methoxy groups -OCH3 is 2. The lowest BCUT2D eigenvalue weighted by molar-refractivity contribution is 0.195. The van der Waals surface area contributed by atoms with Crippen molar-refractivity contribution in [2.45, 2.75) is 19.1 Å². The number of pyridine rings is 4. The molecule has 0 aliphatic rings. The molecular weight excluding hydrogens is 622 g/mol. The van der Waals surface area contributed by atoms with Gasteiger partial charge in [0.2, 0.25) is 0 Å². The van der Waals surface area contributed by atoms with Gasteiger partial charge in [-0.3, -0.25) is 24.8 Å². The minimum Gasteiger partial charge on any atom is -0.494 e. The Balaban J connectivity index is 1.56. The Hall–Kier alpha value is -5.68. The number of hydrogen-bond donors (Lipinski definition) is 0. The van der Waals surface area contributed by atoms with Gasteiger partial charge in [0.1, 0.15) is 11.6 Å². The van der Waals surface area contributed by atoms with Gasteiger partial charge in [-0.2, -0.15) is 0 Å². The first-order valence-electron chi connectivity index (χ1n) is 14.9. The molecule has 0 amide bonds. The van der Waals surface area contributed by atoms with Crippen molar-refractivity contribution in [1.29, 1.82) is 0 Å². The van der Waals surface area contributed by atoms with Crippen molar-refractivity contribution in [2.75, 3.05) is 14.2 Å². The molecule has 242 valence electrons. The van der Waals surface area contributed by atoms with Crippen molar-refractivity contribution < 1.29 is 27.0 Å². The fraction of sp³-hybridized carbons (Fsp3) is 0.135. The van der Waals surface area contributed by atoms with Crippen LogP contribution in [0.5, 0.6) is 11.5 Å². The second-order valence-electron chi connectivity index (χ2n) is 10.7. The van der Waals surface area contributed by atoms with Gasteiger partial charge >= 0.3 is 0 Å². The van der Waals surface area contributed by atoms with Crippen LogP contribution in [0.25, 0.3) is 22.5 Å². The lowest BCUT2D eigenvalue weighted by Gasteiger charge is -2.31. The summed E-state index contributed by atoms with van der Waals surface area (Å²) in [5.74, 6) is -3.73. The topological polar surface area (TPSA) is 73.3 Å². The highest BCUT2D eigenvalue weighted by atomic mass is 19.1. The zero-order valence-electron chi connectivity index (χ0n) is 25.9. The normalized spacial score (nSPS) is 11.2. The number of hydrogen-bond acceptors (Lipinski definition) is 7. The Bertz CT molecular complexity index is 1890. The lowest BCUT2D eigenvalue weighted by Crippen LogP contribution is -2.31. The summed E-state index contributed by atoms with van der Waals surface area (Å²) in [6, 6.07) is 24.5. The van der Waals surface area contributed by atoms with Crippen LogP contribution in [0.2, 0.25) is 0 Å². The minimum absolute atomic E-state index is 0.0167. The number of rotatable bonds is 11. The zero-order chi connectivity index (χ0) is 33.6. The molecule has 6 aromatic rings. The first-order chi connectivity index (χ1) is 23.4. The van der Waals surface area contributed by atoms with E-state index >= 15 is 17.6 Å². The van der Waals surface area contributed by atoms with Gasteiger partial charge in [0.25, 0.3) is 0 Å². The molecule has 48 heavy (non-hydrogen) atoms. The molecule has 2 aromatic carbocycles. The van der Waals surface area contributed by atoms with Gasteiger partial charge in [-0.05, 0) is 72.8 Å². The first kappa shape index (κ1) is 32.3. The zero-order valence-corrected chi connectivity index (χ0v) is 25.9. The summed E-state index contributed by atoms with van der Waals surface area (Å²) >= 11 is 0. The van der Waals surface area contributed by atoms with E-state index in [0.717, 1.165) is 12.1 Å². The van der Waals surface area contributed by atoms with Crippen LogP contribution >= 0.6 is 0 Å². The Morgan fingerprint density at radius 3 is 1.42 bits per heavy atom. The molecule has 0 fully saturated rings. The van der Waals surface area contributed by atoms with E-state index in [0.29, 0.717) is 22.8 Å². The second kappa shape index (κ2) is 14.4. The van der Waals surface area contributed by atoms with Crippen molar-refractivity contribution >= 4 is 0 Å². The maximum absolute atomic E-state index is 15.5. The maximum Gasteiger partial charge on any atom is 0.177 e. The summed E-state index contributed by atoms with van der Waals surface area (Å²) in [4.78, 5) is 20.5. The molecular formula is C37H29F4N5O2. The number of halogens is 4. The van der Waals surface area contributed by atoms with Gasteiger partial charge in [-0.15, -0.1) is 0 Å². The van der Waals surface area contributed by atoms with Crippen molar-refractivity contribution in [3.8, 4) is 34.0 Å². The summed E-state index contributed by atoms with van der Waals surface area (Å²) in [6.45, 7) is 0.535. The van der Waals surface area contributed by atoms with Crippen LogP contribution in [0.1, 0.15) is 28.8 Å². The lowest BCUT2D eigenvalue weighted by atomic mass is 10.0. The summed E-state index contributed by atoms with van der Waals surface area (Å²) in [6.07, 6.45) is 3.34. The molecule has 7 nitrogen and oxygen atoms in total. The van der Waals surface area contributed by atoms with Crippen molar-refractivity contribution in [1.82, 2.24) is 24.8 Å². The van der Waals surface area contributed by atoms with E-state index in [2.05, 4.69) is 9.97 Å². The predicted octanol–water partition coefficient (Wildman–Crippen LogP) is 7.97. The summed E-state index contributed by atoms with van der Waals surface area (Å²) in [7, 11) is 2.58. The molecule has 0 radical (unpaired) electrons. The highest BCUT2D eigenvalue weighted by Crippen LogP contribution is 2.36. The van der Waals surface area contributed by atoms with Crippen molar-refractivity contribution in [3.05, 3.63) is 156 Å². The Morgan fingerprint density at radius 1 is 0.562 bits per heavy atom. The van der Waals surface area contributed by atoms with E-state index < -0.39 is 29.3 Å². The van der Waals surface area contributed by atoms with E-state index in [1.165, 1.54) is 38.5 Å². The standard InChI is InChI=1S/C37H29F4N5O2/c1-47-31-17-15-25(38)33(35(31)40)27-11-7-13-29(44-27)37(46(21-23-9-3-5-19-42-23)22-24-10-4-6-20-43-24)30-14-8-12-28(45-30)34-26(39)16-18-32(48-2)36(34)41/h3-20,37H,21-22H2,1-2H3. The number of aromatic nitrogens is 4. The highest BCUT2D eigenvalue weighted by Gasteiger charge is 2.29. The molecule has 11 heteroatoms. The Kier molecular flexibility index (Phi) is 9.67. The third-order valence-corrected chi connectivity index (χ3v) is 7.71. The number of nitrogens with zero attached hydrogens (tertiary/aromatic N) is 5. The average Bonchev–Trinajstić information content (AvgIpc) is 3.10. The van der Waals surface area contributed by atoms with Gasteiger partial charge < -0.3 is 9.47 Å². The first-order valence-corrected chi connectivity index (χ1v) is 14.9. The largest absolute Gasteiger partial charge is 0.494 e. The summed E-state index contributed by atoms with van der Waals surface area (Å²) in [5.41, 5.74) is 1.44. The fourth-order valence-electron chi connectivity index (χ4n) is 5.50. The molecule has 0 saturated heterocycles. The van der Waals surface area contributed by atoms with Gasteiger partial charge in [-0.25, -0.2) is 17.6 Å².